The summed E-state index contributed by atoms with van der Waals surface area (Å²) in [6.45, 7) is 1.82. The van der Waals surface area contributed by atoms with Crippen LogP contribution in [0.15, 0.2) is 54.4 Å². The molecule has 0 saturated heterocycles. The van der Waals surface area contributed by atoms with Crippen molar-refractivity contribution in [2.75, 3.05) is 5.32 Å². The molecule has 1 atom stereocenters. The number of amides is 3. The Balaban J connectivity index is 1.57. The van der Waals surface area contributed by atoms with E-state index in [-0.39, 0.29) is 11.6 Å². The number of H-pyrrole nitrogens is 1. The van der Waals surface area contributed by atoms with Crippen LogP contribution in [0.1, 0.15) is 35.0 Å². The van der Waals surface area contributed by atoms with Crippen LogP contribution >= 0.6 is 0 Å². The van der Waals surface area contributed by atoms with Crippen LogP contribution in [0, 0.1) is 11.7 Å². The Kier molecular flexibility index (Phi) is 5.86. The van der Waals surface area contributed by atoms with Crippen molar-refractivity contribution in [2.24, 2.45) is 11.7 Å². The van der Waals surface area contributed by atoms with Crippen LogP contribution in [0.5, 0.6) is 0 Å². The smallest absolute Gasteiger partial charge is 0.364 e. The van der Waals surface area contributed by atoms with Crippen LogP contribution < -0.4 is 16.4 Å². The van der Waals surface area contributed by atoms with Crippen LogP contribution in [0.25, 0.3) is 16.6 Å². The second-order valence-corrected chi connectivity index (χ2v) is 7.80. The lowest BCUT2D eigenvalue weighted by atomic mass is 9.87. The molecule has 1 aromatic carbocycles. The first-order valence-electron chi connectivity index (χ1n) is 10.2. The Labute approximate surface area is 190 Å². The van der Waals surface area contributed by atoms with Crippen molar-refractivity contribution >= 4 is 34.2 Å². The number of carbonyl (C=O) groups is 2. The third kappa shape index (κ3) is 4.36. The lowest BCUT2D eigenvalue weighted by Gasteiger charge is -2.23. The van der Waals surface area contributed by atoms with Gasteiger partial charge in [0.2, 0.25) is 0 Å². The van der Waals surface area contributed by atoms with Gasteiger partial charge in [-0.05, 0) is 42.3 Å². The molecular formula is C23H19F4N5O2. The van der Waals surface area contributed by atoms with E-state index in [0.717, 1.165) is 23.1 Å². The van der Waals surface area contributed by atoms with E-state index < -0.39 is 35.2 Å². The number of hydrogen-bond donors (Lipinski definition) is 4. The summed E-state index contributed by atoms with van der Waals surface area (Å²) in [4.78, 5) is 31.5. The number of anilines is 1. The average molecular weight is 473 g/mol. The Morgan fingerprint density at radius 1 is 1.15 bits per heavy atom. The van der Waals surface area contributed by atoms with E-state index in [1.165, 1.54) is 0 Å². The number of alkyl halides is 3. The number of nitrogens with zero attached hydrogens (tertiary/aromatic N) is 1. The molecule has 2 heterocycles. The van der Waals surface area contributed by atoms with Crippen LogP contribution in [-0.2, 0) is 6.18 Å². The maximum absolute atomic E-state index is 14.2. The molecule has 0 bridgehead atoms. The fourth-order valence-corrected chi connectivity index (χ4v) is 3.89. The van der Waals surface area contributed by atoms with Gasteiger partial charge < -0.3 is 21.4 Å². The van der Waals surface area contributed by atoms with E-state index in [2.05, 4.69) is 20.6 Å². The number of benzene rings is 1. The number of hydrogen-bond acceptors (Lipinski definition) is 3. The fraction of sp³-hybridized carbons (Fsp3) is 0.174. The SMILES string of the molecule is CC1CC(c2c(C(N)=O)[nH]c3ncccc23)=CC=C1NC(=O)Nc1cccc(C(F)(F)F)c1F. The largest absolute Gasteiger partial charge is 0.419 e. The predicted octanol–water partition coefficient (Wildman–Crippen LogP) is 4.95. The number of halogens is 4. The molecule has 0 spiro atoms. The van der Waals surface area contributed by atoms with Crippen molar-refractivity contribution in [3.8, 4) is 0 Å². The molecule has 0 radical (unpaired) electrons. The van der Waals surface area contributed by atoms with Gasteiger partial charge >= 0.3 is 12.2 Å². The van der Waals surface area contributed by atoms with Gasteiger partial charge in [-0.15, -0.1) is 0 Å². The van der Waals surface area contributed by atoms with E-state index >= 15 is 0 Å². The number of nitrogens with two attached hydrogens (primary N) is 1. The number of aromatic nitrogens is 2. The van der Waals surface area contributed by atoms with E-state index in [9.17, 15) is 27.2 Å². The highest BCUT2D eigenvalue weighted by Crippen LogP contribution is 2.36. The van der Waals surface area contributed by atoms with Gasteiger partial charge in [0.1, 0.15) is 11.3 Å². The number of pyridine rings is 1. The third-order valence-corrected chi connectivity index (χ3v) is 5.47. The summed E-state index contributed by atoms with van der Waals surface area (Å²) in [5.41, 5.74) is 6.06. The summed E-state index contributed by atoms with van der Waals surface area (Å²) < 4.78 is 52.9. The number of rotatable bonds is 4. The van der Waals surface area contributed by atoms with E-state index in [4.69, 9.17) is 5.73 Å². The summed E-state index contributed by atoms with van der Waals surface area (Å²) >= 11 is 0. The topological polar surface area (TPSA) is 113 Å². The molecular weight excluding hydrogens is 454 g/mol. The highest BCUT2D eigenvalue weighted by Gasteiger charge is 2.35. The number of aromatic amines is 1. The zero-order valence-corrected chi connectivity index (χ0v) is 17.8. The first-order chi connectivity index (χ1) is 16.1. The fourth-order valence-electron chi connectivity index (χ4n) is 3.89. The Hall–Kier alpha value is -4.15. The third-order valence-electron chi connectivity index (χ3n) is 5.47. The highest BCUT2D eigenvalue weighted by atomic mass is 19.4. The monoisotopic (exact) mass is 473 g/mol. The number of nitrogens with one attached hydrogen (secondary N) is 3. The normalized spacial score (nSPS) is 16.1. The molecule has 3 aromatic rings. The zero-order valence-electron chi connectivity index (χ0n) is 17.8. The van der Waals surface area contributed by atoms with Crippen molar-refractivity contribution in [3.05, 3.63) is 77.0 Å². The molecule has 3 amide bonds. The van der Waals surface area contributed by atoms with Crippen LogP contribution in [0.4, 0.5) is 28.0 Å². The molecule has 2 aromatic heterocycles. The first-order valence-corrected chi connectivity index (χ1v) is 10.2. The van der Waals surface area contributed by atoms with Crippen molar-refractivity contribution in [1.82, 2.24) is 15.3 Å². The standard InChI is InChI=1S/C23H19F4N5O2/c1-11-10-12(17-13-4-3-9-29-21(13)32-19(17)20(28)33)7-8-15(11)30-22(34)31-16-6-2-5-14(18(16)24)23(25,26)27/h2-9,11H,10H2,1H3,(H2,28,33)(H,29,32)(H2,30,31,34). The van der Waals surface area contributed by atoms with Gasteiger partial charge in [-0.2, -0.15) is 13.2 Å². The molecule has 4 rings (SSSR count). The van der Waals surface area contributed by atoms with Gasteiger partial charge in [-0.1, -0.05) is 19.1 Å². The molecule has 7 nitrogen and oxygen atoms in total. The molecule has 0 fully saturated rings. The number of carbonyl (C=O) groups excluding carboxylic acids is 2. The van der Waals surface area contributed by atoms with Gasteiger partial charge in [-0.25, -0.2) is 14.2 Å². The molecule has 176 valence electrons. The maximum atomic E-state index is 14.2. The van der Waals surface area contributed by atoms with Crippen molar-refractivity contribution in [3.63, 3.8) is 0 Å². The minimum Gasteiger partial charge on any atom is -0.364 e. The summed E-state index contributed by atoms with van der Waals surface area (Å²) in [6, 6.07) is 5.29. The molecule has 1 unspecified atom stereocenters. The minimum atomic E-state index is -4.89. The summed E-state index contributed by atoms with van der Waals surface area (Å²) in [5, 5.41) is 5.39. The van der Waals surface area contributed by atoms with E-state index in [1.54, 1.807) is 30.5 Å². The van der Waals surface area contributed by atoms with Crippen LogP contribution in [-0.4, -0.2) is 21.9 Å². The molecule has 1 aliphatic carbocycles. The molecule has 1 aliphatic rings. The van der Waals surface area contributed by atoms with Crippen molar-refractivity contribution in [2.45, 2.75) is 19.5 Å². The molecule has 5 N–H and O–H groups in total. The quantitative estimate of drug-likeness (QED) is 0.402. The summed E-state index contributed by atoms with van der Waals surface area (Å²) in [7, 11) is 0. The molecule has 11 heteroatoms. The number of fused-ring (bicyclic) bond motifs is 1. The number of urea groups is 1. The summed E-state index contributed by atoms with van der Waals surface area (Å²) in [6.07, 6.45) is 0.445. The summed E-state index contributed by atoms with van der Waals surface area (Å²) in [5.74, 6) is -2.44. The van der Waals surface area contributed by atoms with Crippen molar-refractivity contribution in [1.29, 1.82) is 0 Å². The zero-order chi connectivity index (χ0) is 24.6. The first kappa shape index (κ1) is 23.0. The van der Waals surface area contributed by atoms with Crippen molar-refractivity contribution < 1.29 is 27.2 Å². The lowest BCUT2D eigenvalue weighted by Crippen LogP contribution is -2.32. The van der Waals surface area contributed by atoms with Gasteiger partial charge in [-0.3, -0.25) is 4.79 Å². The molecule has 34 heavy (non-hydrogen) atoms. The maximum Gasteiger partial charge on any atom is 0.419 e. The minimum absolute atomic E-state index is 0.217. The van der Waals surface area contributed by atoms with Gasteiger partial charge in [0.05, 0.1) is 11.3 Å². The molecule has 0 saturated carbocycles. The lowest BCUT2D eigenvalue weighted by molar-refractivity contribution is -0.139. The van der Waals surface area contributed by atoms with E-state index in [0.29, 0.717) is 29.4 Å². The van der Waals surface area contributed by atoms with Gasteiger partial charge in [0, 0.05) is 28.8 Å². The number of primary amides is 1. The Morgan fingerprint density at radius 3 is 2.59 bits per heavy atom. The second kappa shape index (κ2) is 8.65. The Bertz CT molecular complexity index is 1360. The highest BCUT2D eigenvalue weighted by molar-refractivity contribution is 6.05. The average Bonchev–Trinajstić information content (AvgIpc) is 3.16. The van der Waals surface area contributed by atoms with E-state index in [1.807, 2.05) is 6.92 Å². The number of allylic oxidation sites excluding steroid dienone is 4. The predicted molar refractivity (Wildman–Crippen MR) is 118 cm³/mol. The Morgan fingerprint density at radius 2 is 1.91 bits per heavy atom. The van der Waals surface area contributed by atoms with Crippen LogP contribution in [0.2, 0.25) is 0 Å². The van der Waals surface area contributed by atoms with Gasteiger partial charge in [0.15, 0.2) is 5.82 Å². The van der Waals surface area contributed by atoms with Crippen LogP contribution in [0.3, 0.4) is 0 Å². The second-order valence-electron chi connectivity index (χ2n) is 7.80. The van der Waals surface area contributed by atoms with Gasteiger partial charge in [0.25, 0.3) is 5.91 Å². The molecule has 0 aliphatic heterocycles.